The lowest BCUT2D eigenvalue weighted by atomic mass is 9.92. The Kier molecular flexibility index (Phi) is 5.13. The average molecular weight is 364 g/mol. The maximum Gasteiger partial charge on any atom is 0.320 e. The molecule has 0 aromatic heterocycles. The van der Waals surface area contributed by atoms with Gasteiger partial charge < -0.3 is 19.4 Å². The molecule has 1 unspecified atom stereocenters. The zero-order chi connectivity index (χ0) is 18.1. The number of nitrogens with zero attached hydrogens (tertiary/aromatic N) is 3. The quantitative estimate of drug-likeness (QED) is 0.771. The lowest BCUT2D eigenvalue weighted by molar-refractivity contribution is -0.133. The van der Waals surface area contributed by atoms with Crippen LogP contribution in [-0.4, -0.2) is 78.1 Å². The third-order valence-corrected chi connectivity index (χ3v) is 7.08. The van der Waals surface area contributed by atoms with Crippen molar-refractivity contribution in [2.75, 3.05) is 39.9 Å². The molecule has 3 heterocycles. The maximum absolute atomic E-state index is 12.7. The van der Waals surface area contributed by atoms with Crippen molar-refractivity contribution in [1.82, 2.24) is 14.7 Å². The first-order chi connectivity index (χ1) is 12.6. The minimum Gasteiger partial charge on any atom is -0.379 e. The molecule has 1 aliphatic carbocycles. The van der Waals surface area contributed by atoms with Crippen molar-refractivity contribution in [3.05, 3.63) is 0 Å². The van der Waals surface area contributed by atoms with Gasteiger partial charge in [0.25, 0.3) is 0 Å². The molecule has 0 radical (unpaired) electrons. The van der Waals surface area contributed by atoms with Crippen LogP contribution in [0.3, 0.4) is 0 Å². The Morgan fingerprint density at radius 2 is 1.92 bits per heavy atom. The van der Waals surface area contributed by atoms with Crippen molar-refractivity contribution < 1.29 is 14.3 Å². The van der Waals surface area contributed by atoms with Gasteiger partial charge in [0.2, 0.25) is 5.91 Å². The number of likely N-dealkylation sites (tertiary alicyclic amines) is 1. The van der Waals surface area contributed by atoms with Gasteiger partial charge in [-0.2, -0.15) is 0 Å². The molecule has 0 N–H and O–H groups in total. The highest BCUT2D eigenvalue weighted by atomic mass is 16.5. The fourth-order valence-electron chi connectivity index (χ4n) is 5.58. The number of urea groups is 1. The summed E-state index contributed by atoms with van der Waals surface area (Å²) in [7, 11) is 1.89. The fourth-order valence-corrected chi connectivity index (χ4v) is 5.58. The van der Waals surface area contributed by atoms with E-state index in [0.29, 0.717) is 18.9 Å². The summed E-state index contributed by atoms with van der Waals surface area (Å²) in [5, 5.41) is 0. The van der Waals surface area contributed by atoms with Crippen molar-refractivity contribution in [1.29, 1.82) is 0 Å². The second-order valence-electron chi connectivity index (χ2n) is 8.84. The molecule has 4 rings (SSSR count). The number of carbonyl (C=O) groups is 2. The molecule has 4 aliphatic rings. The summed E-state index contributed by atoms with van der Waals surface area (Å²) in [6.07, 6.45) is 9.81. The van der Waals surface area contributed by atoms with E-state index in [-0.39, 0.29) is 17.6 Å². The van der Waals surface area contributed by atoms with E-state index in [1.807, 2.05) is 16.8 Å². The molecule has 3 saturated heterocycles. The van der Waals surface area contributed by atoms with Gasteiger partial charge in [-0.3, -0.25) is 4.79 Å². The second-order valence-corrected chi connectivity index (χ2v) is 8.84. The molecule has 1 saturated carbocycles. The van der Waals surface area contributed by atoms with Gasteiger partial charge >= 0.3 is 6.03 Å². The summed E-state index contributed by atoms with van der Waals surface area (Å²) in [6, 6.07) is 0.384. The SMILES string of the molecule is CN1CC2(CCOC2)N(C2CCN(C(=O)CCC3CCCC3)CC2)C1=O. The Morgan fingerprint density at radius 3 is 2.58 bits per heavy atom. The molecule has 6 heteroatoms. The molecule has 1 atom stereocenters. The Morgan fingerprint density at radius 1 is 1.19 bits per heavy atom. The number of rotatable bonds is 4. The van der Waals surface area contributed by atoms with Gasteiger partial charge in [-0.1, -0.05) is 25.7 Å². The molecule has 3 aliphatic heterocycles. The first-order valence-electron chi connectivity index (χ1n) is 10.5. The van der Waals surface area contributed by atoms with Gasteiger partial charge in [0.1, 0.15) is 0 Å². The highest BCUT2D eigenvalue weighted by Crippen LogP contribution is 2.37. The molecule has 1 spiro atoms. The molecule has 0 aromatic carbocycles. The fraction of sp³-hybridized carbons (Fsp3) is 0.900. The number of amides is 3. The monoisotopic (exact) mass is 363 g/mol. The summed E-state index contributed by atoms with van der Waals surface area (Å²) in [6.45, 7) is 3.75. The van der Waals surface area contributed by atoms with E-state index in [2.05, 4.69) is 4.90 Å². The molecule has 26 heavy (non-hydrogen) atoms. The molecule has 3 amide bonds. The number of piperidine rings is 1. The predicted molar refractivity (Wildman–Crippen MR) is 98.8 cm³/mol. The number of hydrogen-bond donors (Lipinski definition) is 0. The van der Waals surface area contributed by atoms with Crippen LogP contribution in [0.2, 0.25) is 0 Å². The van der Waals surface area contributed by atoms with E-state index >= 15 is 0 Å². The van der Waals surface area contributed by atoms with Crippen molar-refractivity contribution in [2.45, 2.75) is 69.4 Å². The average Bonchev–Trinajstić information content (AvgIpc) is 3.37. The Balaban J connectivity index is 1.31. The number of ether oxygens (including phenoxy) is 1. The van der Waals surface area contributed by atoms with Gasteiger partial charge in [-0.05, 0) is 31.6 Å². The Labute approximate surface area is 156 Å². The lowest BCUT2D eigenvalue weighted by Gasteiger charge is -2.42. The topological polar surface area (TPSA) is 53.1 Å². The van der Waals surface area contributed by atoms with Crippen LogP contribution < -0.4 is 0 Å². The van der Waals surface area contributed by atoms with Gasteiger partial charge in [-0.15, -0.1) is 0 Å². The minimum atomic E-state index is -0.134. The van der Waals surface area contributed by atoms with Gasteiger partial charge in [-0.25, -0.2) is 4.79 Å². The molecule has 146 valence electrons. The zero-order valence-corrected chi connectivity index (χ0v) is 16.1. The minimum absolute atomic E-state index is 0.134. The van der Waals surface area contributed by atoms with E-state index in [1.54, 1.807) is 0 Å². The van der Waals surface area contributed by atoms with Crippen molar-refractivity contribution >= 4 is 11.9 Å². The summed E-state index contributed by atoms with van der Waals surface area (Å²) in [5.41, 5.74) is -0.134. The molecule has 4 fully saturated rings. The van der Waals surface area contributed by atoms with Crippen LogP contribution in [0.25, 0.3) is 0 Å². The Bertz CT molecular complexity index is 532. The molecular formula is C20H33N3O3. The van der Waals surface area contributed by atoms with Crippen LogP contribution in [-0.2, 0) is 9.53 Å². The molecular weight excluding hydrogens is 330 g/mol. The summed E-state index contributed by atoms with van der Waals surface area (Å²) in [4.78, 5) is 31.3. The Hall–Kier alpha value is -1.30. The summed E-state index contributed by atoms with van der Waals surface area (Å²) < 4.78 is 5.65. The van der Waals surface area contributed by atoms with E-state index in [0.717, 1.165) is 57.8 Å². The maximum atomic E-state index is 12.7. The summed E-state index contributed by atoms with van der Waals surface area (Å²) in [5.74, 6) is 1.09. The number of hydrogen-bond acceptors (Lipinski definition) is 3. The zero-order valence-electron chi connectivity index (χ0n) is 16.1. The molecule has 6 nitrogen and oxygen atoms in total. The number of carbonyl (C=O) groups excluding carboxylic acids is 2. The van der Waals surface area contributed by atoms with Crippen LogP contribution in [0, 0.1) is 5.92 Å². The van der Waals surface area contributed by atoms with Crippen LogP contribution in [0.15, 0.2) is 0 Å². The third kappa shape index (κ3) is 3.32. The van der Waals surface area contributed by atoms with Crippen LogP contribution in [0.4, 0.5) is 4.79 Å². The highest BCUT2D eigenvalue weighted by molar-refractivity contribution is 5.79. The van der Waals surface area contributed by atoms with Crippen molar-refractivity contribution in [3.63, 3.8) is 0 Å². The lowest BCUT2D eigenvalue weighted by Crippen LogP contribution is -2.56. The normalized spacial score (nSPS) is 31.0. The van der Waals surface area contributed by atoms with E-state index in [9.17, 15) is 9.59 Å². The van der Waals surface area contributed by atoms with Crippen molar-refractivity contribution in [2.24, 2.45) is 5.92 Å². The first kappa shape index (κ1) is 18.1. The van der Waals surface area contributed by atoms with Crippen molar-refractivity contribution in [3.8, 4) is 0 Å². The first-order valence-corrected chi connectivity index (χ1v) is 10.5. The van der Waals surface area contributed by atoms with E-state index in [4.69, 9.17) is 4.74 Å². The summed E-state index contributed by atoms with van der Waals surface area (Å²) >= 11 is 0. The molecule has 0 bridgehead atoms. The van der Waals surface area contributed by atoms with Gasteiger partial charge in [0, 0.05) is 45.8 Å². The highest BCUT2D eigenvalue weighted by Gasteiger charge is 2.53. The number of likely N-dealkylation sites (N-methyl/N-ethyl adjacent to an activating group) is 1. The predicted octanol–water partition coefficient (Wildman–Crippen LogP) is 2.47. The van der Waals surface area contributed by atoms with E-state index < -0.39 is 0 Å². The second kappa shape index (κ2) is 7.37. The largest absolute Gasteiger partial charge is 0.379 e. The van der Waals surface area contributed by atoms with Crippen LogP contribution in [0.1, 0.15) is 57.8 Å². The van der Waals surface area contributed by atoms with Gasteiger partial charge in [0.05, 0.1) is 12.1 Å². The smallest absolute Gasteiger partial charge is 0.320 e. The van der Waals surface area contributed by atoms with E-state index in [1.165, 1.54) is 25.7 Å². The van der Waals surface area contributed by atoms with Crippen LogP contribution in [0.5, 0.6) is 0 Å². The van der Waals surface area contributed by atoms with Crippen LogP contribution >= 0.6 is 0 Å². The third-order valence-electron chi connectivity index (χ3n) is 7.08. The standard InChI is InChI=1S/C20H33N3O3/c1-21-14-20(10-13-26-15-20)23(19(21)25)17-8-11-22(12-9-17)18(24)7-6-16-4-2-3-5-16/h16-17H,2-15H2,1H3. The molecule has 0 aromatic rings. The van der Waals surface area contributed by atoms with Gasteiger partial charge in [0.15, 0.2) is 0 Å².